The average molecular weight is 306 g/mol. The highest BCUT2D eigenvalue weighted by Crippen LogP contribution is 2.28. The molecule has 0 aliphatic heterocycles. The lowest BCUT2D eigenvalue weighted by Gasteiger charge is -2.05. The van der Waals surface area contributed by atoms with Crippen molar-refractivity contribution < 1.29 is 18.1 Å². The Labute approximate surface area is 115 Å². The fourth-order valence-corrected chi connectivity index (χ4v) is 1.75. The molecule has 0 unspecified atom stereocenters. The van der Waals surface area contributed by atoms with Crippen LogP contribution < -0.4 is 0 Å². The molecule has 0 atom stereocenters. The summed E-state index contributed by atoms with van der Waals surface area (Å²) in [5, 5.41) is 14.2. The van der Waals surface area contributed by atoms with Crippen molar-refractivity contribution in [1.82, 2.24) is 9.78 Å². The number of nitro groups is 1. The summed E-state index contributed by atoms with van der Waals surface area (Å²) in [6.45, 7) is -0.0867. The zero-order chi connectivity index (χ0) is 14.9. The highest BCUT2D eigenvalue weighted by atomic mass is 35.5. The van der Waals surface area contributed by atoms with Gasteiger partial charge in [0, 0.05) is 23.4 Å². The standard InChI is InChI=1S/C11H7ClF3N3O2/c12-9-2-1-8(18(19)20)5-7(9)6-17-4-3-10(16-17)11(13,14)15/h1-5H,6H2. The van der Waals surface area contributed by atoms with E-state index in [-0.39, 0.29) is 17.3 Å². The van der Waals surface area contributed by atoms with Gasteiger partial charge in [0.25, 0.3) is 5.69 Å². The third kappa shape index (κ3) is 3.08. The van der Waals surface area contributed by atoms with E-state index in [0.717, 1.165) is 16.9 Å². The van der Waals surface area contributed by atoms with Crippen molar-refractivity contribution in [2.24, 2.45) is 0 Å². The summed E-state index contributed by atoms with van der Waals surface area (Å²) in [4.78, 5) is 10.0. The van der Waals surface area contributed by atoms with Crippen LogP contribution in [-0.2, 0) is 12.7 Å². The first kappa shape index (κ1) is 14.3. The number of alkyl halides is 3. The van der Waals surface area contributed by atoms with Gasteiger partial charge in [0.15, 0.2) is 5.69 Å². The molecular weight excluding hydrogens is 299 g/mol. The van der Waals surface area contributed by atoms with E-state index in [2.05, 4.69) is 5.10 Å². The van der Waals surface area contributed by atoms with Gasteiger partial charge >= 0.3 is 6.18 Å². The Bertz CT molecular complexity index is 655. The SMILES string of the molecule is O=[N+]([O-])c1ccc(Cl)c(Cn2ccc(C(F)(F)F)n2)c1. The molecule has 0 N–H and O–H groups in total. The Morgan fingerprint density at radius 1 is 1.35 bits per heavy atom. The Kier molecular flexibility index (Phi) is 3.67. The van der Waals surface area contributed by atoms with E-state index in [1.165, 1.54) is 18.2 Å². The van der Waals surface area contributed by atoms with E-state index >= 15 is 0 Å². The quantitative estimate of drug-likeness (QED) is 0.644. The number of non-ortho nitro benzene ring substituents is 1. The molecule has 106 valence electrons. The van der Waals surface area contributed by atoms with Gasteiger partial charge in [0.1, 0.15) is 0 Å². The van der Waals surface area contributed by atoms with Crippen molar-refractivity contribution >= 4 is 17.3 Å². The summed E-state index contributed by atoms with van der Waals surface area (Å²) >= 11 is 5.86. The zero-order valence-electron chi connectivity index (χ0n) is 9.76. The van der Waals surface area contributed by atoms with Gasteiger partial charge in [-0.3, -0.25) is 14.8 Å². The maximum atomic E-state index is 12.4. The molecule has 0 spiro atoms. The van der Waals surface area contributed by atoms with Gasteiger partial charge in [-0.15, -0.1) is 0 Å². The van der Waals surface area contributed by atoms with Gasteiger partial charge in [-0.05, 0) is 17.7 Å². The molecule has 1 aromatic heterocycles. The highest BCUT2D eigenvalue weighted by Gasteiger charge is 2.33. The van der Waals surface area contributed by atoms with Crippen LogP contribution >= 0.6 is 11.6 Å². The van der Waals surface area contributed by atoms with Gasteiger partial charge < -0.3 is 0 Å². The van der Waals surface area contributed by atoms with Crippen molar-refractivity contribution in [3.05, 3.63) is 56.9 Å². The summed E-state index contributed by atoms with van der Waals surface area (Å²) in [6.07, 6.45) is -3.39. The van der Waals surface area contributed by atoms with Crippen LogP contribution in [0.15, 0.2) is 30.5 Å². The van der Waals surface area contributed by atoms with Crippen LogP contribution in [0, 0.1) is 10.1 Å². The summed E-state index contributed by atoms with van der Waals surface area (Å²) in [6, 6.07) is 4.57. The molecule has 0 bridgehead atoms. The smallest absolute Gasteiger partial charge is 0.268 e. The molecule has 9 heteroatoms. The Morgan fingerprint density at radius 2 is 2.05 bits per heavy atom. The van der Waals surface area contributed by atoms with Gasteiger partial charge in [-0.2, -0.15) is 18.3 Å². The zero-order valence-corrected chi connectivity index (χ0v) is 10.5. The molecule has 0 fully saturated rings. The van der Waals surface area contributed by atoms with Gasteiger partial charge in [-0.1, -0.05) is 11.6 Å². The van der Waals surface area contributed by atoms with E-state index < -0.39 is 16.8 Å². The fourth-order valence-electron chi connectivity index (χ4n) is 1.57. The van der Waals surface area contributed by atoms with Crippen LogP contribution in [0.5, 0.6) is 0 Å². The number of hydrogen-bond acceptors (Lipinski definition) is 3. The van der Waals surface area contributed by atoms with E-state index in [4.69, 9.17) is 11.6 Å². The molecule has 0 aliphatic rings. The molecule has 1 aromatic carbocycles. The summed E-state index contributed by atoms with van der Waals surface area (Å²) in [5.41, 5.74) is -0.899. The van der Waals surface area contributed by atoms with E-state index in [1.807, 2.05) is 0 Å². The minimum absolute atomic E-state index is 0.0867. The molecule has 0 saturated carbocycles. The third-order valence-electron chi connectivity index (χ3n) is 2.50. The summed E-state index contributed by atoms with van der Waals surface area (Å²) in [7, 11) is 0. The van der Waals surface area contributed by atoms with E-state index in [1.54, 1.807) is 0 Å². The monoisotopic (exact) mass is 305 g/mol. The van der Waals surface area contributed by atoms with Crippen molar-refractivity contribution in [2.75, 3.05) is 0 Å². The van der Waals surface area contributed by atoms with Crippen LogP contribution in [0.25, 0.3) is 0 Å². The predicted octanol–water partition coefficient (Wildman–Crippen LogP) is 3.51. The molecular formula is C11H7ClF3N3O2. The van der Waals surface area contributed by atoms with E-state index in [0.29, 0.717) is 5.56 Å². The molecule has 1 heterocycles. The summed E-state index contributed by atoms with van der Waals surface area (Å²) in [5.74, 6) is 0. The molecule has 2 aromatic rings. The van der Waals surface area contributed by atoms with Crippen LogP contribution in [0.3, 0.4) is 0 Å². The van der Waals surface area contributed by atoms with Crippen LogP contribution in [0.4, 0.5) is 18.9 Å². The number of benzene rings is 1. The first-order valence-corrected chi connectivity index (χ1v) is 5.68. The summed E-state index contributed by atoms with van der Waals surface area (Å²) < 4.78 is 38.2. The van der Waals surface area contributed by atoms with Gasteiger partial charge in [-0.25, -0.2) is 0 Å². The van der Waals surface area contributed by atoms with Crippen molar-refractivity contribution in [1.29, 1.82) is 0 Å². The van der Waals surface area contributed by atoms with Crippen LogP contribution in [-0.4, -0.2) is 14.7 Å². The lowest BCUT2D eigenvalue weighted by molar-refractivity contribution is -0.384. The van der Waals surface area contributed by atoms with Crippen molar-refractivity contribution in [3.63, 3.8) is 0 Å². The first-order chi connectivity index (χ1) is 9.27. The second kappa shape index (κ2) is 5.12. The molecule has 5 nitrogen and oxygen atoms in total. The average Bonchev–Trinajstić information content (AvgIpc) is 2.80. The molecule has 0 amide bonds. The van der Waals surface area contributed by atoms with Crippen LogP contribution in [0.1, 0.15) is 11.3 Å². The molecule has 0 aliphatic carbocycles. The molecule has 2 rings (SSSR count). The number of halogens is 4. The number of rotatable bonds is 3. The number of hydrogen-bond donors (Lipinski definition) is 0. The molecule has 0 saturated heterocycles. The maximum Gasteiger partial charge on any atom is 0.435 e. The van der Waals surface area contributed by atoms with Crippen molar-refractivity contribution in [3.8, 4) is 0 Å². The van der Waals surface area contributed by atoms with Gasteiger partial charge in [0.2, 0.25) is 0 Å². The predicted molar refractivity (Wildman–Crippen MR) is 64.4 cm³/mol. The van der Waals surface area contributed by atoms with E-state index in [9.17, 15) is 23.3 Å². The molecule has 0 radical (unpaired) electrons. The lowest BCUT2D eigenvalue weighted by atomic mass is 10.2. The lowest BCUT2D eigenvalue weighted by Crippen LogP contribution is -2.08. The largest absolute Gasteiger partial charge is 0.435 e. The topological polar surface area (TPSA) is 61.0 Å². The maximum absolute atomic E-state index is 12.4. The fraction of sp³-hybridized carbons (Fsp3) is 0.182. The number of nitrogens with zero attached hydrogens (tertiary/aromatic N) is 3. The molecule has 20 heavy (non-hydrogen) atoms. The Hall–Kier alpha value is -2.09. The Balaban J connectivity index is 2.28. The first-order valence-electron chi connectivity index (χ1n) is 5.31. The highest BCUT2D eigenvalue weighted by molar-refractivity contribution is 6.31. The normalized spacial score (nSPS) is 11.6. The number of aromatic nitrogens is 2. The Morgan fingerprint density at radius 3 is 2.60 bits per heavy atom. The van der Waals surface area contributed by atoms with Gasteiger partial charge in [0.05, 0.1) is 11.5 Å². The minimum Gasteiger partial charge on any atom is -0.268 e. The second-order valence-corrected chi connectivity index (χ2v) is 4.34. The minimum atomic E-state index is -4.53. The third-order valence-corrected chi connectivity index (χ3v) is 2.87. The number of nitro benzene ring substituents is 1. The van der Waals surface area contributed by atoms with Crippen molar-refractivity contribution in [2.45, 2.75) is 12.7 Å². The second-order valence-electron chi connectivity index (χ2n) is 3.93. The van der Waals surface area contributed by atoms with Crippen LogP contribution in [0.2, 0.25) is 5.02 Å².